The standard InChI is InChI=1S/C19H21FN4O/c20-15-3-5-16(6-4-15)23-9-11-24(12-10-23)17-7-8-18(21-13-17)22-19(25)14-1-2-14/h3-8,13-14H,1-2,9-12H2,(H,21,22,25). The van der Waals surface area contributed by atoms with Crippen LogP contribution in [0, 0.1) is 11.7 Å². The van der Waals surface area contributed by atoms with Crippen LogP contribution in [0.1, 0.15) is 12.8 Å². The topological polar surface area (TPSA) is 48.5 Å². The van der Waals surface area contributed by atoms with Crippen molar-refractivity contribution in [3.05, 3.63) is 48.4 Å². The largest absolute Gasteiger partial charge is 0.368 e. The third-order valence-electron chi connectivity index (χ3n) is 4.78. The zero-order chi connectivity index (χ0) is 17.2. The van der Waals surface area contributed by atoms with Crippen LogP contribution in [0.5, 0.6) is 0 Å². The molecule has 1 amide bonds. The molecule has 1 saturated carbocycles. The number of nitrogens with one attached hydrogen (secondary N) is 1. The number of nitrogens with zero attached hydrogens (tertiary/aromatic N) is 3. The Hall–Kier alpha value is -2.63. The van der Waals surface area contributed by atoms with Crippen LogP contribution in [-0.4, -0.2) is 37.1 Å². The van der Waals surface area contributed by atoms with Crippen molar-refractivity contribution < 1.29 is 9.18 Å². The highest BCUT2D eigenvalue weighted by Crippen LogP contribution is 2.30. The first-order chi connectivity index (χ1) is 12.2. The Balaban J connectivity index is 1.34. The molecule has 4 rings (SSSR count). The monoisotopic (exact) mass is 340 g/mol. The highest BCUT2D eigenvalue weighted by molar-refractivity contribution is 5.93. The Bertz CT molecular complexity index is 735. The SMILES string of the molecule is O=C(Nc1ccc(N2CCN(c3ccc(F)cc3)CC2)cn1)C1CC1. The quantitative estimate of drug-likeness (QED) is 0.930. The normalized spacial score (nSPS) is 17.5. The van der Waals surface area contributed by atoms with E-state index in [1.165, 1.54) is 12.1 Å². The molecule has 5 nitrogen and oxygen atoms in total. The lowest BCUT2D eigenvalue weighted by atomic mass is 10.2. The predicted octanol–water partition coefficient (Wildman–Crippen LogP) is 2.90. The summed E-state index contributed by atoms with van der Waals surface area (Å²) < 4.78 is 13.0. The summed E-state index contributed by atoms with van der Waals surface area (Å²) in [6.45, 7) is 3.53. The fourth-order valence-electron chi connectivity index (χ4n) is 3.10. The molecule has 2 heterocycles. The highest BCUT2D eigenvalue weighted by atomic mass is 19.1. The number of benzene rings is 1. The number of carbonyl (C=O) groups is 1. The molecule has 2 aromatic rings. The van der Waals surface area contributed by atoms with Crippen LogP contribution < -0.4 is 15.1 Å². The average Bonchev–Trinajstić information content (AvgIpc) is 3.49. The first kappa shape index (κ1) is 15.9. The van der Waals surface area contributed by atoms with E-state index in [1.54, 1.807) is 0 Å². The molecule has 1 aromatic carbocycles. The second-order valence-electron chi connectivity index (χ2n) is 6.62. The summed E-state index contributed by atoms with van der Waals surface area (Å²) in [5, 5.41) is 2.86. The van der Waals surface area contributed by atoms with Crippen molar-refractivity contribution in [2.24, 2.45) is 5.92 Å². The summed E-state index contributed by atoms with van der Waals surface area (Å²) in [5.74, 6) is 0.669. The summed E-state index contributed by atoms with van der Waals surface area (Å²) in [7, 11) is 0. The summed E-state index contributed by atoms with van der Waals surface area (Å²) in [6, 6.07) is 10.5. The van der Waals surface area contributed by atoms with Gasteiger partial charge in [0.05, 0.1) is 11.9 Å². The number of amides is 1. The molecule has 2 fully saturated rings. The number of rotatable bonds is 4. The van der Waals surface area contributed by atoms with Crippen LogP contribution >= 0.6 is 0 Å². The molecule has 1 N–H and O–H groups in total. The second-order valence-corrected chi connectivity index (χ2v) is 6.62. The van der Waals surface area contributed by atoms with E-state index in [0.29, 0.717) is 5.82 Å². The van der Waals surface area contributed by atoms with Gasteiger partial charge in [-0.3, -0.25) is 4.79 Å². The maximum absolute atomic E-state index is 13.0. The van der Waals surface area contributed by atoms with E-state index in [0.717, 1.165) is 50.4 Å². The van der Waals surface area contributed by atoms with Crippen LogP contribution in [0.2, 0.25) is 0 Å². The summed E-state index contributed by atoms with van der Waals surface area (Å²) in [4.78, 5) is 20.7. The molecule has 0 radical (unpaired) electrons. The van der Waals surface area contributed by atoms with Gasteiger partial charge in [-0.2, -0.15) is 0 Å². The minimum absolute atomic E-state index is 0.0770. The van der Waals surface area contributed by atoms with Crippen LogP contribution in [0.3, 0.4) is 0 Å². The van der Waals surface area contributed by atoms with Crippen molar-refractivity contribution in [1.29, 1.82) is 0 Å². The van der Waals surface area contributed by atoms with Crippen LogP contribution in [-0.2, 0) is 4.79 Å². The van der Waals surface area contributed by atoms with E-state index in [2.05, 4.69) is 20.1 Å². The lowest BCUT2D eigenvalue weighted by molar-refractivity contribution is -0.117. The van der Waals surface area contributed by atoms with Gasteiger partial charge in [0.25, 0.3) is 0 Å². The Labute approximate surface area is 146 Å². The van der Waals surface area contributed by atoms with Crippen molar-refractivity contribution in [1.82, 2.24) is 4.98 Å². The maximum atomic E-state index is 13.0. The van der Waals surface area contributed by atoms with Gasteiger partial charge in [0.15, 0.2) is 0 Å². The van der Waals surface area contributed by atoms with Gasteiger partial charge in [-0.05, 0) is 49.2 Å². The zero-order valence-electron chi connectivity index (χ0n) is 14.0. The van der Waals surface area contributed by atoms with Crippen LogP contribution in [0.15, 0.2) is 42.6 Å². The fourth-order valence-corrected chi connectivity index (χ4v) is 3.10. The number of aromatic nitrogens is 1. The van der Waals surface area contributed by atoms with Crippen molar-refractivity contribution in [2.75, 3.05) is 41.3 Å². The molecule has 1 aliphatic carbocycles. The van der Waals surface area contributed by atoms with Gasteiger partial charge in [-0.1, -0.05) is 0 Å². The van der Waals surface area contributed by atoms with Crippen molar-refractivity contribution >= 4 is 23.1 Å². The van der Waals surface area contributed by atoms with Gasteiger partial charge in [0.1, 0.15) is 11.6 Å². The Kier molecular flexibility index (Phi) is 4.26. The van der Waals surface area contributed by atoms with Crippen molar-refractivity contribution in [3.63, 3.8) is 0 Å². The Morgan fingerprint density at radius 2 is 1.56 bits per heavy atom. The lowest BCUT2D eigenvalue weighted by Gasteiger charge is -2.37. The molecule has 25 heavy (non-hydrogen) atoms. The first-order valence-electron chi connectivity index (χ1n) is 8.71. The number of halogens is 1. The maximum Gasteiger partial charge on any atom is 0.228 e. The molecule has 1 aromatic heterocycles. The molecular formula is C19H21FN4O. The van der Waals surface area contributed by atoms with E-state index in [1.807, 2.05) is 30.5 Å². The summed E-state index contributed by atoms with van der Waals surface area (Å²) >= 11 is 0. The van der Waals surface area contributed by atoms with Gasteiger partial charge in [-0.25, -0.2) is 9.37 Å². The van der Waals surface area contributed by atoms with Crippen LogP contribution in [0.25, 0.3) is 0 Å². The minimum Gasteiger partial charge on any atom is -0.368 e. The summed E-state index contributed by atoms with van der Waals surface area (Å²) in [6.07, 6.45) is 3.79. The number of hydrogen-bond acceptors (Lipinski definition) is 4. The third-order valence-corrected chi connectivity index (χ3v) is 4.78. The molecule has 0 unspecified atom stereocenters. The van der Waals surface area contributed by atoms with Gasteiger partial charge < -0.3 is 15.1 Å². The van der Waals surface area contributed by atoms with Gasteiger partial charge in [-0.15, -0.1) is 0 Å². The molecule has 1 aliphatic heterocycles. The molecule has 2 aliphatic rings. The average molecular weight is 340 g/mol. The first-order valence-corrected chi connectivity index (χ1v) is 8.71. The highest BCUT2D eigenvalue weighted by Gasteiger charge is 2.29. The van der Waals surface area contributed by atoms with Gasteiger partial charge in [0, 0.05) is 37.8 Å². The van der Waals surface area contributed by atoms with Crippen LogP contribution in [0.4, 0.5) is 21.6 Å². The molecule has 0 bridgehead atoms. The molecule has 0 spiro atoms. The van der Waals surface area contributed by atoms with E-state index in [4.69, 9.17) is 0 Å². The smallest absolute Gasteiger partial charge is 0.228 e. The number of carbonyl (C=O) groups excluding carboxylic acids is 1. The van der Waals surface area contributed by atoms with Crippen molar-refractivity contribution in [2.45, 2.75) is 12.8 Å². The zero-order valence-corrected chi connectivity index (χ0v) is 14.0. The third kappa shape index (κ3) is 3.73. The van der Waals surface area contributed by atoms with E-state index >= 15 is 0 Å². The van der Waals surface area contributed by atoms with Crippen molar-refractivity contribution in [3.8, 4) is 0 Å². The molecular weight excluding hydrogens is 319 g/mol. The fraction of sp³-hybridized carbons (Fsp3) is 0.368. The van der Waals surface area contributed by atoms with E-state index in [9.17, 15) is 9.18 Å². The van der Waals surface area contributed by atoms with Gasteiger partial charge in [0.2, 0.25) is 5.91 Å². The predicted molar refractivity (Wildman–Crippen MR) is 96.4 cm³/mol. The minimum atomic E-state index is -0.206. The molecule has 1 saturated heterocycles. The van der Waals surface area contributed by atoms with E-state index < -0.39 is 0 Å². The van der Waals surface area contributed by atoms with E-state index in [-0.39, 0.29) is 17.6 Å². The number of hydrogen-bond donors (Lipinski definition) is 1. The number of piperazine rings is 1. The molecule has 6 heteroatoms. The Morgan fingerprint density at radius 1 is 0.960 bits per heavy atom. The van der Waals surface area contributed by atoms with Gasteiger partial charge >= 0.3 is 0 Å². The lowest BCUT2D eigenvalue weighted by Crippen LogP contribution is -2.46. The Morgan fingerprint density at radius 3 is 2.12 bits per heavy atom. The number of anilines is 3. The molecule has 0 atom stereocenters. The molecule has 130 valence electrons. The second kappa shape index (κ2) is 6.70. The number of pyridine rings is 1. The summed E-state index contributed by atoms with van der Waals surface area (Å²) in [5.41, 5.74) is 2.11.